The number of thioether (sulfide) groups is 1. The minimum atomic E-state index is 0.0525. The molecular weight excluding hydrogens is 296 g/mol. The molecule has 3 rings (SSSR count). The summed E-state index contributed by atoms with van der Waals surface area (Å²) in [6.07, 6.45) is 4.98. The third-order valence-corrected chi connectivity index (χ3v) is 4.83. The molecule has 1 aliphatic rings. The molecule has 0 radical (unpaired) electrons. The summed E-state index contributed by atoms with van der Waals surface area (Å²) >= 11 is 1.61. The van der Waals surface area contributed by atoms with Crippen molar-refractivity contribution in [2.75, 3.05) is 12.9 Å². The summed E-state index contributed by atoms with van der Waals surface area (Å²) in [4.78, 5) is 19.6. The molecule has 1 aromatic heterocycles. The molecule has 0 atom stereocenters. The molecule has 22 heavy (non-hydrogen) atoms. The van der Waals surface area contributed by atoms with E-state index in [0.29, 0.717) is 0 Å². The van der Waals surface area contributed by atoms with Gasteiger partial charge in [-0.1, -0.05) is 23.9 Å². The highest BCUT2D eigenvalue weighted by atomic mass is 32.2. The van der Waals surface area contributed by atoms with Crippen LogP contribution in [0.1, 0.15) is 29.7 Å². The highest BCUT2D eigenvalue weighted by molar-refractivity contribution is 7.99. The van der Waals surface area contributed by atoms with Crippen LogP contribution in [0.2, 0.25) is 0 Å². The van der Waals surface area contributed by atoms with Crippen LogP contribution >= 0.6 is 11.8 Å². The monoisotopic (exact) mass is 316 g/mol. The van der Waals surface area contributed by atoms with Gasteiger partial charge in [-0.3, -0.25) is 4.79 Å². The highest BCUT2D eigenvalue weighted by Crippen LogP contribution is 2.20. The second-order valence-corrected chi connectivity index (χ2v) is 6.53. The maximum atomic E-state index is 12.1. The van der Waals surface area contributed by atoms with E-state index in [-0.39, 0.29) is 5.56 Å². The molecule has 0 fully saturated rings. The molecule has 1 N–H and O–H groups in total. The van der Waals surface area contributed by atoms with Crippen molar-refractivity contribution in [2.24, 2.45) is 0 Å². The molecule has 0 aliphatic heterocycles. The van der Waals surface area contributed by atoms with E-state index in [1.54, 1.807) is 18.9 Å². The second kappa shape index (κ2) is 7.01. The van der Waals surface area contributed by atoms with Gasteiger partial charge in [0.1, 0.15) is 5.75 Å². The SMILES string of the molecule is COc1ccc(CCSc2nc3c(c(=O)[nH]2)CCCC3)cc1. The Bertz CT molecular complexity index is 695. The Hall–Kier alpha value is -1.75. The van der Waals surface area contributed by atoms with Crippen molar-refractivity contribution in [1.82, 2.24) is 9.97 Å². The number of hydrogen-bond donors (Lipinski definition) is 1. The molecule has 1 aliphatic carbocycles. The van der Waals surface area contributed by atoms with E-state index in [9.17, 15) is 4.79 Å². The number of benzene rings is 1. The zero-order valence-corrected chi connectivity index (χ0v) is 13.5. The van der Waals surface area contributed by atoms with Crippen LogP contribution in [-0.4, -0.2) is 22.8 Å². The molecule has 1 aromatic carbocycles. The van der Waals surface area contributed by atoms with E-state index in [4.69, 9.17) is 4.74 Å². The van der Waals surface area contributed by atoms with E-state index >= 15 is 0 Å². The summed E-state index contributed by atoms with van der Waals surface area (Å²) in [5, 5.41) is 0.749. The fourth-order valence-corrected chi connectivity index (χ4v) is 3.58. The van der Waals surface area contributed by atoms with Crippen molar-refractivity contribution in [1.29, 1.82) is 0 Å². The van der Waals surface area contributed by atoms with Crippen LogP contribution in [0.3, 0.4) is 0 Å². The van der Waals surface area contributed by atoms with Gasteiger partial charge in [-0.2, -0.15) is 0 Å². The highest BCUT2D eigenvalue weighted by Gasteiger charge is 2.15. The number of methoxy groups -OCH3 is 1. The van der Waals surface area contributed by atoms with Crippen LogP contribution in [-0.2, 0) is 19.3 Å². The first kappa shape index (κ1) is 15.2. The predicted octanol–water partition coefficient (Wildman–Crippen LogP) is 2.99. The molecule has 0 unspecified atom stereocenters. The predicted molar refractivity (Wildman–Crippen MR) is 88.9 cm³/mol. The van der Waals surface area contributed by atoms with Crippen molar-refractivity contribution < 1.29 is 4.74 Å². The van der Waals surface area contributed by atoms with Gasteiger partial charge in [0.2, 0.25) is 0 Å². The minimum absolute atomic E-state index is 0.0525. The molecule has 0 saturated carbocycles. The maximum Gasteiger partial charge on any atom is 0.254 e. The van der Waals surface area contributed by atoms with Gasteiger partial charge in [-0.15, -0.1) is 0 Å². The first-order valence-electron chi connectivity index (χ1n) is 7.64. The molecule has 0 spiro atoms. The van der Waals surface area contributed by atoms with Crippen LogP contribution in [0.25, 0.3) is 0 Å². The van der Waals surface area contributed by atoms with Crippen LogP contribution in [0.5, 0.6) is 5.75 Å². The standard InChI is InChI=1S/C17H20N2O2S/c1-21-13-8-6-12(7-9-13)10-11-22-17-18-15-5-3-2-4-14(15)16(20)19-17/h6-9H,2-5,10-11H2,1H3,(H,18,19,20). The van der Waals surface area contributed by atoms with Crippen molar-refractivity contribution in [3.05, 3.63) is 51.4 Å². The third kappa shape index (κ3) is 3.53. The molecule has 4 nitrogen and oxygen atoms in total. The number of nitrogens with zero attached hydrogens (tertiary/aromatic N) is 1. The smallest absolute Gasteiger partial charge is 0.254 e. The van der Waals surface area contributed by atoms with E-state index in [0.717, 1.165) is 60.0 Å². The average Bonchev–Trinajstić information content (AvgIpc) is 2.56. The Kier molecular flexibility index (Phi) is 4.83. The number of aromatic amines is 1. The first-order valence-corrected chi connectivity index (χ1v) is 8.62. The topological polar surface area (TPSA) is 55.0 Å². The Morgan fingerprint density at radius 1 is 1.23 bits per heavy atom. The van der Waals surface area contributed by atoms with E-state index in [2.05, 4.69) is 22.1 Å². The van der Waals surface area contributed by atoms with Crippen molar-refractivity contribution >= 4 is 11.8 Å². The fraction of sp³-hybridized carbons (Fsp3) is 0.412. The third-order valence-electron chi connectivity index (χ3n) is 3.96. The Balaban J connectivity index is 1.61. The van der Waals surface area contributed by atoms with Gasteiger partial charge in [-0.25, -0.2) is 4.98 Å². The summed E-state index contributed by atoms with van der Waals surface area (Å²) in [5.74, 6) is 1.77. The number of nitrogens with one attached hydrogen (secondary N) is 1. The molecule has 0 amide bonds. The number of hydrogen-bond acceptors (Lipinski definition) is 4. The summed E-state index contributed by atoms with van der Waals surface area (Å²) in [7, 11) is 1.67. The zero-order chi connectivity index (χ0) is 15.4. The fourth-order valence-electron chi connectivity index (χ4n) is 2.71. The number of fused-ring (bicyclic) bond motifs is 1. The number of ether oxygens (including phenoxy) is 1. The van der Waals surface area contributed by atoms with E-state index in [1.165, 1.54) is 5.56 Å². The van der Waals surface area contributed by atoms with Gasteiger partial charge >= 0.3 is 0 Å². The van der Waals surface area contributed by atoms with Gasteiger partial charge in [0.25, 0.3) is 5.56 Å². The molecule has 5 heteroatoms. The van der Waals surface area contributed by atoms with Gasteiger partial charge in [-0.05, 0) is 49.8 Å². The molecule has 0 saturated heterocycles. The van der Waals surface area contributed by atoms with Crippen molar-refractivity contribution in [3.8, 4) is 5.75 Å². The van der Waals surface area contributed by atoms with Crippen LogP contribution in [0.15, 0.2) is 34.2 Å². The Morgan fingerprint density at radius 3 is 2.77 bits per heavy atom. The van der Waals surface area contributed by atoms with Crippen molar-refractivity contribution in [2.45, 2.75) is 37.3 Å². The lowest BCUT2D eigenvalue weighted by molar-refractivity contribution is 0.414. The number of rotatable bonds is 5. The lowest BCUT2D eigenvalue weighted by atomic mass is 9.97. The number of aryl methyl sites for hydroxylation is 2. The normalized spacial score (nSPS) is 13.7. The Morgan fingerprint density at radius 2 is 2.00 bits per heavy atom. The van der Waals surface area contributed by atoms with E-state index in [1.807, 2.05) is 12.1 Å². The lowest BCUT2D eigenvalue weighted by Crippen LogP contribution is -2.21. The first-order chi connectivity index (χ1) is 10.8. The van der Waals surface area contributed by atoms with E-state index < -0.39 is 0 Å². The minimum Gasteiger partial charge on any atom is -0.497 e. The van der Waals surface area contributed by atoms with Gasteiger partial charge in [0.15, 0.2) is 5.16 Å². The quantitative estimate of drug-likeness (QED) is 0.680. The largest absolute Gasteiger partial charge is 0.497 e. The van der Waals surface area contributed by atoms with Gasteiger partial charge in [0, 0.05) is 11.3 Å². The van der Waals surface area contributed by atoms with Crippen molar-refractivity contribution in [3.63, 3.8) is 0 Å². The summed E-state index contributed by atoms with van der Waals surface area (Å²) in [5.41, 5.74) is 3.21. The number of H-pyrrole nitrogens is 1. The molecular formula is C17H20N2O2S. The summed E-state index contributed by atoms with van der Waals surface area (Å²) < 4.78 is 5.15. The van der Waals surface area contributed by atoms with Gasteiger partial charge < -0.3 is 9.72 Å². The van der Waals surface area contributed by atoms with Gasteiger partial charge in [0.05, 0.1) is 12.8 Å². The zero-order valence-electron chi connectivity index (χ0n) is 12.7. The lowest BCUT2D eigenvalue weighted by Gasteiger charge is -2.14. The van der Waals surface area contributed by atoms with Crippen LogP contribution in [0.4, 0.5) is 0 Å². The molecule has 1 heterocycles. The number of aromatic nitrogens is 2. The second-order valence-electron chi connectivity index (χ2n) is 5.45. The summed E-state index contributed by atoms with van der Waals surface area (Å²) in [6, 6.07) is 8.09. The summed E-state index contributed by atoms with van der Waals surface area (Å²) in [6.45, 7) is 0. The van der Waals surface area contributed by atoms with Crippen LogP contribution < -0.4 is 10.3 Å². The maximum absolute atomic E-state index is 12.1. The Labute approximate surface area is 134 Å². The molecule has 0 bridgehead atoms. The average molecular weight is 316 g/mol. The molecule has 116 valence electrons. The van der Waals surface area contributed by atoms with Crippen LogP contribution in [0, 0.1) is 0 Å². The molecule has 2 aromatic rings.